The first-order valence-corrected chi connectivity index (χ1v) is 6.62. The number of benzene rings is 1. The zero-order valence-corrected chi connectivity index (χ0v) is 11.8. The zero-order chi connectivity index (χ0) is 15.7. The topological polar surface area (TPSA) is 84.2 Å². The Morgan fingerprint density at radius 1 is 1.14 bits per heavy atom. The number of anilines is 1. The third-order valence-corrected chi connectivity index (χ3v) is 3.40. The quantitative estimate of drug-likeness (QED) is 0.756. The van der Waals surface area contributed by atoms with Crippen LogP contribution in [0, 0.1) is 0 Å². The number of carbonyl (C=O) groups is 1. The molecule has 1 aromatic carbocycles. The van der Waals surface area contributed by atoms with E-state index in [9.17, 15) is 14.7 Å². The number of aromatic hydroxyl groups is 1. The van der Waals surface area contributed by atoms with Crippen LogP contribution in [0.4, 0.5) is 5.82 Å². The largest absolute Gasteiger partial charge is 0.505 e. The van der Waals surface area contributed by atoms with E-state index in [1.54, 1.807) is 42.5 Å². The molecule has 3 rings (SSSR count). The van der Waals surface area contributed by atoms with Gasteiger partial charge in [-0.15, -0.1) is 0 Å². The van der Waals surface area contributed by atoms with Gasteiger partial charge in [0, 0.05) is 18.6 Å². The Bertz CT molecular complexity index is 917. The number of hydrogen-bond donors (Lipinski definition) is 2. The van der Waals surface area contributed by atoms with Gasteiger partial charge in [-0.3, -0.25) is 9.59 Å². The van der Waals surface area contributed by atoms with Crippen LogP contribution in [-0.2, 0) is 7.05 Å². The highest BCUT2D eigenvalue weighted by Gasteiger charge is 2.20. The minimum Gasteiger partial charge on any atom is -0.505 e. The number of carbonyl (C=O) groups excluding carboxylic acids is 1. The molecule has 0 atom stereocenters. The van der Waals surface area contributed by atoms with Crippen LogP contribution >= 0.6 is 0 Å². The average Bonchev–Trinajstić information content (AvgIpc) is 2.54. The van der Waals surface area contributed by atoms with Crippen molar-refractivity contribution in [2.45, 2.75) is 0 Å². The van der Waals surface area contributed by atoms with E-state index >= 15 is 0 Å². The molecule has 0 radical (unpaired) electrons. The van der Waals surface area contributed by atoms with E-state index in [2.05, 4.69) is 10.3 Å². The molecule has 2 aromatic heterocycles. The first kappa shape index (κ1) is 13.8. The fourth-order valence-electron chi connectivity index (χ4n) is 2.32. The van der Waals surface area contributed by atoms with Crippen molar-refractivity contribution in [3.63, 3.8) is 0 Å². The SMILES string of the molecule is Cn1c(C(=O)Nc2ccccn2)c(O)c2ccccc2c1=O. The summed E-state index contributed by atoms with van der Waals surface area (Å²) in [7, 11) is 1.45. The second-order valence-electron chi connectivity index (χ2n) is 4.78. The van der Waals surface area contributed by atoms with Crippen LogP contribution in [0.2, 0.25) is 0 Å². The molecule has 6 nitrogen and oxygen atoms in total. The summed E-state index contributed by atoms with van der Waals surface area (Å²) in [6.07, 6.45) is 1.54. The lowest BCUT2D eigenvalue weighted by molar-refractivity contribution is 0.101. The minimum absolute atomic E-state index is 0.102. The summed E-state index contributed by atoms with van der Waals surface area (Å²) in [4.78, 5) is 28.7. The molecule has 0 aliphatic carbocycles. The van der Waals surface area contributed by atoms with Crippen LogP contribution in [0.25, 0.3) is 10.8 Å². The molecule has 22 heavy (non-hydrogen) atoms. The molecule has 0 fully saturated rings. The van der Waals surface area contributed by atoms with Gasteiger partial charge >= 0.3 is 0 Å². The maximum atomic E-state index is 12.4. The number of aromatic nitrogens is 2. The summed E-state index contributed by atoms with van der Waals surface area (Å²) >= 11 is 0. The molecule has 2 N–H and O–H groups in total. The third-order valence-electron chi connectivity index (χ3n) is 3.40. The highest BCUT2D eigenvalue weighted by atomic mass is 16.3. The molecule has 0 unspecified atom stereocenters. The molecule has 1 amide bonds. The van der Waals surface area contributed by atoms with E-state index in [0.717, 1.165) is 4.57 Å². The van der Waals surface area contributed by atoms with Crippen molar-refractivity contribution in [2.75, 3.05) is 5.32 Å². The van der Waals surface area contributed by atoms with Crippen molar-refractivity contribution < 1.29 is 9.90 Å². The number of nitrogens with zero attached hydrogens (tertiary/aromatic N) is 2. The number of nitrogens with one attached hydrogen (secondary N) is 1. The molecule has 3 aromatic rings. The van der Waals surface area contributed by atoms with E-state index in [1.165, 1.54) is 13.2 Å². The fraction of sp³-hybridized carbons (Fsp3) is 0.0625. The molecule has 0 saturated carbocycles. The average molecular weight is 295 g/mol. The molecule has 2 heterocycles. The van der Waals surface area contributed by atoms with Crippen molar-refractivity contribution in [1.82, 2.24) is 9.55 Å². The lowest BCUT2D eigenvalue weighted by Gasteiger charge is -2.12. The summed E-state index contributed by atoms with van der Waals surface area (Å²) in [6, 6.07) is 11.7. The Morgan fingerprint density at radius 3 is 2.50 bits per heavy atom. The van der Waals surface area contributed by atoms with Crippen molar-refractivity contribution in [1.29, 1.82) is 0 Å². The zero-order valence-electron chi connectivity index (χ0n) is 11.8. The number of fused-ring (bicyclic) bond motifs is 1. The summed E-state index contributed by atoms with van der Waals surface area (Å²) in [5.41, 5.74) is -0.450. The standard InChI is InChI=1S/C16H13N3O3/c1-19-13(15(21)18-12-8-4-5-9-17-12)14(20)10-6-2-3-7-11(10)16(19)22/h2-9,20H,1H3,(H,17,18,21). The highest BCUT2D eigenvalue weighted by Crippen LogP contribution is 2.26. The van der Waals surface area contributed by atoms with E-state index in [-0.39, 0.29) is 17.0 Å². The molecule has 0 aliphatic heterocycles. The van der Waals surface area contributed by atoms with E-state index in [4.69, 9.17) is 0 Å². The Balaban J connectivity index is 2.15. The molecular weight excluding hydrogens is 282 g/mol. The van der Waals surface area contributed by atoms with Gasteiger partial charge in [-0.2, -0.15) is 0 Å². The van der Waals surface area contributed by atoms with Crippen molar-refractivity contribution in [2.24, 2.45) is 7.05 Å². The van der Waals surface area contributed by atoms with Gasteiger partial charge in [0.25, 0.3) is 11.5 Å². The van der Waals surface area contributed by atoms with Gasteiger partial charge in [0.1, 0.15) is 5.82 Å². The highest BCUT2D eigenvalue weighted by molar-refractivity contribution is 6.07. The van der Waals surface area contributed by atoms with Crippen LogP contribution in [0.5, 0.6) is 5.75 Å². The van der Waals surface area contributed by atoms with Crippen LogP contribution < -0.4 is 10.9 Å². The lowest BCUT2D eigenvalue weighted by atomic mass is 10.1. The van der Waals surface area contributed by atoms with Gasteiger partial charge in [0.15, 0.2) is 11.4 Å². The van der Waals surface area contributed by atoms with Gasteiger partial charge in [-0.05, 0) is 18.2 Å². The second kappa shape index (κ2) is 5.33. The predicted molar refractivity (Wildman–Crippen MR) is 83.0 cm³/mol. The molecule has 6 heteroatoms. The summed E-state index contributed by atoms with van der Waals surface area (Å²) in [5, 5.41) is 13.6. The van der Waals surface area contributed by atoms with Crippen molar-refractivity contribution >= 4 is 22.5 Å². The smallest absolute Gasteiger partial charge is 0.277 e. The van der Waals surface area contributed by atoms with Gasteiger partial charge in [0.2, 0.25) is 0 Å². The Kier molecular flexibility index (Phi) is 3.34. The Hall–Kier alpha value is -3.15. The third kappa shape index (κ3) is 2.20. The van der Waals surface area contributed by atoms with Crippen LogP contribution in [0.3, 0.4) is 0 Å². The Morgan fingerprint density at radius 2 is 1.82 bits per heavy atom. The van der Waals surface area contributed by atoms with E-state index < -0.39 is 5.91 Å². The molecule has 0 saturated heterocycles. The van der Waals surface area contributed by atoms with Crippen LogP contribution in [-0.4, -0.2) is 20.6 Å². The predicted octanol–water partition coefficient (Wildman–Crippen LogP) is 1.89. The monoisotopic (exact) mass is 295 g/mol. The summed E-state index contributed by atoms with van der Waals surface area (Å²) in [6.45, 7) is 0. The first-order valence-electron chi connectivity index (χ1n) is 6.62. The van der Waals surface area contributed by atoms with E-state index in [1.807, 2.05) is 0 Å². The summed E-state index contributed by atoms with van der Waals surface area (Å²) < 4.78 is 1.13. The van der Waals surface area contributed by atoms with Crippen molar-refractivity contribution in [3.8, 4) is 5.75 Å². The maximum Gasteiger partial charge on any atom is 0.277 e. The molecule has 110 valence electrons. The van der Waals surface area contributed by atoms with Gasteiger partial charge in [-0.1, -0.05) is 24.3 Å². The van der Waals surface area contributed by atoms with E-state index in [0.29, 0.717) is 16.6 Å². The lowest BCUT2D eigenvalue weighted by Crippen LogP contribution is -2.27. The van der Waals surface area contributed by atoms with Gasteiger partial charge in [0.05, 0.1) is 5.39 Å². The van der Waals surface area contributed by atoms with Crippen LogP contribution in [0.1, 0.15) is 10.5 Å². The number of amides is 1. The molecule has 0 aliphatic rings. The maximum absolute atomic E-state index is 12.4. The van der Waals surface area contributed by atoms with Gasteiger partial charge < -0.3 is 15.0 Å². The summed E-state index contributed by atoms with van der Waals surface area (Å²) in [5.74, 6) is -0.486. The first-order chi connectivity index (χ1) is 10.6. The number of pyridine rings is 2. The Labute approximate surface area is 125 Å². The van der Waals surface area contributed by atoms with Crippen molar-refractivity contribution in [3.05, 3.63) is 64.7 Å². The second-order valence-corrected chi connectivity index (χ2v) is 4.78. The fourth-order valence-corrected chi connectivity index (χ4v) is 2.32. The molecule has 0 bridgehead atoms. The number of hydrogen-bond acceptors (Lipinski definition) is 4. The molecular formula is C16H13N3O3. The normalized spacial score (nSPS) is 10.6. The minimum atomic E-state index is -0.596. The van der Waals surface area contributed by atoms with Gasteiger partial charge in [-0.25, -0.2) is 4.98 Å². The molecule has 0 spiro atoms. The van der Waals surface area contributed by atoms with Crippen LogP contribution in [0.15, 0.2) is 53.5 Å². The number of rotatable bonds is 2.